The molecule has 0 spiro atoms. The van der Waals surface area contributed by atoms with E-state index < -0.39 is 0 Å². The Morgan fingerprint density at radius 2 is 1.32 bits per heavy atom. The van der Waals surface area contributed by atoms with E-state index in [9.17, 15) is 0 Å². The van der Waals surface area contributed by atoms with E-state index >= 15 is 0 Å². The molecule has 0 fully saturated rings. The predicted molar refractivity (Wildman–Crippen MR) is 96.1 cm³/mol. The fourth-order valence-electron chi connectivity index (χ4n) is 1.85. The van der Waals surface area contributed by atoms with Gasteiger partial charge in [0.05, 0.1) is 6.61 Å². The molecule has 0 atom stereocenters. The molecule has 0 aliphatic carbocycles. The minimum atomic E-state index is 0.781. The number of anilines is 2. The zero-order valence-electron chi connectivity index (χ0n) is 13.7. The summed E-state index contributed by atoms with van der Waals surface area (Å²) in [5.41, 5.74) is 13.9. The summed E-state index contributed by atoms with van der Waals surface area (Å²) in [6.45, 7) is 5.06. The van der Waals surface area contributed by atoms with Crippen molar-refractivity contribution in [1.29, 1.82) is 0 Å². The highest BCUT2D eigenvalue weighted by atomic mass is 16.5. The average Bonchev–Trinajstić information content (AvgIpc) is 2.52. The van der Waals surface area contributed by atoms with Crippen LogP contribution < -0.4 is 16.2 Å². The Hall–Kier alpha value is -2.16. The number of benzene rings is 2. The normalized spacial score (nSPS) is 9.73. The van der Waals surface area contributed by atoms with Crippen molar-refractivity contribution in [3.8, 4) is 5.75 Å². The summed E-state index contributed by atoms with van der Waals surface area (Å²) in [6, 6.07) is 15.3. The molecule has 120 valence electrons. The number of nitrogen functional groups attached to an aromatic ring is 2. The van der Waals surface area contributed by atoms with Crippen LogP contribution in [0.1, 0.15) is 38.2 Å². The van der Waals surface area contributed by atoms with Crippen LogP contribution in [-0.4, -0.2) is 6.61 Å². The Kier molecular flexibility index (Phi) is 8.58. The van der Waals surface area contributed by atoms with E-state index in [4.69, 9.17) is 16.2 Å². The fraction of sp³-hybridized carbons (Fsp3) is 0.368. The quantitative estimate of drug-likeness (QED) is 0.594. The zero-order chi connectivity index (χ0) is 16.2. The Morgan fingerprint density at radius 3 is 1.82 bits per heavy atom. The molecule has 0 aliphatic heterocycles. The van der Waals surface area contributed by atoms with Gasteiger partial charge in [0.25, 0.3) is 0 Å². The number of hydrogen-bond donors (Lipinski definition) is 2. The maximum Gasteiger partial charge on any atom is 0.119 e. The van der Waals surface area contributed by atoms with E-state index in [1.807, 2.05) is 55.5 Å². The first-order chi connectivity index (χ1) is 10.6. The van der Waals surface area contributed by atoms with Crippen molar-refractivity contribution in [2.45, 2.75) is 39.5 Å². The number of nitrogens with two attached hydrogens (primary N) is 2. The van der Waals surface area contributed by atoms with Gasteiger partial charge in [0, 0.05) is 11.4 Å². The van der Waals surface area contributed by atoms with Crippen molar-refractivity contribution in [1.82, 2.24) is 0 Å². The number of unbranched alkanes of at least 4 members (excludes halogenated alkanes) is 3. The summed E-state index contributed by atoms with van der Waals surface area (Å²) < 4.78 is 5.55. The van der Waals surface area contributed by atoms with Crippen molar-refractivity contribution >= 4 is 11.4 Å². The molecule has 3 nitrogen and oxygen atoms in total. The fourth-order valence-corrected chi connectivity index (χ4v) is 1.85. The lowest BCUT2D eigenvalue weighted by Crippen LogP contribution is -1.97. The molecule has 0 saturated carbocycles. The van der Waals surface area contributed by atoms with E-state index in [1.54, 1.807) is 0 Å². The molecular formula is C19H28N2O. The van der Waals surface area contributed by atoms with Gasteiger partial charge in [0.2, 0.25) is 0 Å². The lowest BCUT2D eigenvalue weighted by atomic mass is 10.2. The first-order valence-electron chi connectivity index (χ1n) is 7.92. The van der Waals surface area contributed by atoms with Crippen LogP contribution in [0.15, 0.2) is 48.5 Å². The second-order valence-electron chi connectivity index (χ2n) is 5.39. The van der Waals surface area contributed by atoms with Crippen LogP contribution in [0.3, 0.4) is 0 Å². The predicted octanol–water partition coefficient (Wildman–Crippen LogP) is 4.81. The zero-order valence-corrected chi connectivity index (χ0v) is 13.7. The van der Waals surface area contributed by atoms with E-state index in [0.29, 0.717) is 0 Å². The first-order valence-corrected chi connectivity index (χ1v) is 7.92. The van der Waals surface area contributed by atoms with Crippen LogP contribution in [0.2, 0.25) is 0 Å². The van der Waals surface area contributed by atoms with Crippen LogP contribution in [0.5, 0.6) is 5.75 Å². The molecule has 3 heteroatoms. The van der Waals surface area contributed by atoms with Crippen LogP contribution in [0.25, 0.3) is 0 Å². The van der Waals surface area contributed by atoms with Gasteiger partial charge in [-0.3, -0.25) is 0 Å². The molecule has 2 rings (SSSR count). The molecule has 0 bridgehead atoms. The lowest BCUT2D eigenvalue weighted by Gasteiger charge is -2.05. The smallest absolute Gasteiger partial charge is 0.119 e. The topological polar surface area (TPSA) is 61.3 Å². The van der Waals surface area contributed by atoms with Gasteiger partial charge in [-0.15, -0.1) is 0 Å². The van der Waals surface area contributed by atoms with Crippen molar-refractivity contribution in [2.75, 3.05) is 18.1 Å². The monoisotopic (exact) mass is 300 g/mol. The Morgan fingerprint density at radius 1 is 0.773 bits per heavy atom. The second-order valence-corrected chi connectivity index (χ2v) is 5.39. The van der Waals surface area contributed by atoms with E-state index in [0.717, 1.165) is 30.2 Å². The van der Waals surface area contributed by atoms with E-state index in [-0.39, 0.29) is 0 Å². The van der Waals surface area contributed by atoms with Gasteiger partial charge in [-0.05, 0) is 49.7 Å². The molecule has 2 aromatic carbocycles. The maximum absolute atomic E-state index is 5.57. The molecule has 0 heterocycles. The number of ether oxygens (including phenoxy) is 1. The van der Waals surface area contributed by atoms with Gasteiger partial charge < -0.3 is 16.2 Å². The van der Waals surface area contributed by atoms with Crippen molar-refractivity contribution in [3.63, 3.8) is 0 Å². The van der Waals surface area contributed by atoms with Gasteiger partial charge in [0.15, 0.2) is 0 Å². The van der Waals surface area contributed by atoms with Gasteiger partial charge in [-0.25, -0.2) is 0 Å². The Labute approximate surface area is 134 Å². The van der Waals surface area contributed by atoms with Crippen LogP contribution in [0.4, 0.5) is 11.4 Å². The number of aryl methyl sites for hydroxylation is 1. The highest BCUT2D eigenvalue weighted by Crippen LogP contribution is 2.13. The standard InChI is InChI=1S/C12H19NO.C7H9N/c1-2-3-4-5-10-14-12-8-6-11(13)7-9-12;1-6-2-4-7(8)5-3-6/h6-9H,2-5,10,13H2,1H3;2-5H,8H2,1H3. The average molecular weight is 300 g/mol. The third kappa shape index (κ3) is 8.20. The minimum absolute atomic E-state index is 0.781. The third-order valence-corrected chi connectivity index (χ3v) is 3.22. The molecule has 0 aromatic heterocycles. The first kappa shape index (κ1) is 17.9. The molecule has 0 unspecified atom stereocenters. The van der Waals surface area contributed by atoms with E-state index in [2.05, 4.69) is 6.92 Å². The summed E-state index contributed by atoms with van der Waals surface area (Å²) in [7, 11) is 0. The largest absolute Gasteiger partial charge is 0.494 e. The van der Waals surface area contributed by atoms with Gasteiger partial charge in [-0.2, -0.15) is 0 Å². The van der Waals surface area contributed by atoms with Gasteiger partial charge in [0.1, 0.15) is 5.75 Å². The number of rotatable bonds is 6. The summed E-state index contributed by atoms with van der Waals surface area (Å²) in [5, 5.41) is 0. The van der Waals surface area contributed by atoms with Gasteiger partial charge in [-0.1, -0.05) is 43.9 Å². The molecule has 0 saturated heterocycles. The molecule has 0 aliphatic rings. The molecule has 4 N–H and O–H groups in total. The highest BCUT2D eigenvalue weighted by molar-refractivity contribution is 5.41. The second kappa shape index (κ2) is 10.6. The van der Waals surface area contributed by atoms with E-state index in [1.165, 1.54) is 24.8 Å². The summed E-state index contributed by atoms with van der Waals surface area (Å²) in [5.74, 6) is 0.913. The highest BCUT2D eigenvalue weighted by Gasteiger charge is 1.93. The molecule has 0 radical (unpaired) electrons. The van der Waals surface area contributed by atoms with Crippen molar-refractivity contribution < 1.29 is 4.74 Å². The summed E-state index contributed by atoms with van der Waals surface area (Å²) >= 11 is 0. The van der Waals surface area contributed by atoms with Crippen molar-refractivity contribution in [3.05, 3.63) is 54.1 Å². The van der Waals surface area contributed by atoms with Gasteiger partial charge >= 0.3 is 0 Å². The molecule has 22 heavy (non-hydrogen) atoms. The Balaban J connectivity index is 0.000000255. The molecule has 0 amide bonds. The number of hydrogen-bond acceptors (Lipinski definition) is 3. The Bertz CT molecular complexity index is 485. The third-order valence-electron chi connectivity index (χ3n) is 3.22. The molecule has 2 aromatic rings. The lowest BCUT2D eigenvalue weighted by molar-refractivity contribution is 0.305. The molecular weight excluding hydrogens is 272 g/mol. The summed E-state index contributed by atoms with van der Waals surface area (Å²) in [6.07, 6.45) is 4.96. The SMILES string of the molecule is CCCCCCOc1ccc(N)cc1.Cc1ccc(N)cc1. The minimum Gasteiger partial charge on any atom is -0.494 e. The van der Waals surface area contributed by atoms with Crippen LogP contribution in [0, 0.1) is 6.92 Å². The summed E-state index contributed by atoms with van der Waals surface area (Å²) in [4.78, 5) is 0. The van der Waals surface area contributed by atoms with Crippen molar-refractivity contribution in [2.24, 2.45) is 0 Å². The van der Waals surface area contributed by atoms with Crippen LogP contribution >= 0.6 is 0 Å². The van der Waals surface area contributed by atoms with Crippen LogP contribution in [-0.2, 0) is 0 Å². The maximum atomic E-state index is 5.57.